The second-order valence-corrected chi connectivity index (χ2v) is 9.64. The number of methoxy groups -OCH3 is 2. The lowest BCUT2D eigenvalue weighted by molar-refractivity contribution is -0.0910. The van der Waals surface area contributed by atoms with Gasteiger partial charge in [0.05, 0.1) is 26.9 Å². The topological polar surface area (TPSA) is 54.4 Å². The van der Waals surface area contributed by atoms with Gasteiger partial charge in [-0.05, 0) is 36.9 Å². The Morgan fingerprint density at radius 1 is 1.17 bits per heavy atom. The summed E-state index contributed by atoms with van der Waals surface area (Å²) in [7, 11) is 3.40. The number of benzene rings is 1. The van der Waals surface area contributed by atoms with E-state index in [2.05, 4.69) is 28.0 Å². The number of rotatable bonds is 2. The first-order chi connectivity index (χ1) is 14.2. The Balaban J connectivity index is 1.51. The van der Waals surface area contributed by atoms with Crippen LogP contribution in [0.25, 0.3) is 0 Å². The molecule has 1 saturated carbocycles. The minimum atomic E-state index is -0.521. The molecule has 154 valence electrons. The number of fused-ring (bicyclic) bond motifs is 2. The van der Waals surface area contributed by atoms with Crippen LogP contribution in [0.1, 0.15) is 24.8 Å². The highest BCUT2D eigenvalue weighted by molar-refractivity contribution is 5.72. The highest BCUT2D eigenvalue weighted by atomic mass is 16.5. The lowest BCUT2D eigenvalue weighted by Crippen LogP contribution is -2.70. The summed E-state index contributed by atoms with van der Waals surface area (Å²) in [6.07, 6.45) is 4.98. The Hall–Kier alpha value is -1.76. The van der Waals surface area contributed by atoms with Crippen molar-refractivity contribution in [3.8, 4) is 11.5 Å². The molecule has 7 rings (SSSR count). The maximum absolute atomic E-state index is 11.3. The number of nitrogens with zero attached hydrogens (tertiary/aromatic N) is 2. The third-order valence-electron chi connectivity index (χ3n) is 8.97. The quantitative estimate of drug-likeness (QED) is 0.771. The average molecular weight is 396 g/mol. The van der Waals surface area contributed by atoms with Crippen molar-refractivity contribution < 1.29 is 19.3 Å². The molecule has 6 heteroatoms. The Labute approximate surface area is 171 Å². The Bertz CT molecular complexity index is 932. The van der Waals surface area contributed by atoms with Crippen LogP contribution in [-0.4, -0.2) is 68.3 Å². The molecule has 29 heavy (non-hydrogen) atoms. The van der Waals surface area contributed by atoms with Crippen LogP contribution in [0.4, 0.5) is 5.69 Å². The molecule has 6 nitrogen and oxygen atoms in total. The van der Waals surface area contributed by atoms with Crippen LogP contribution in [0, 0.1) is 11.8 Å². The summed E-state index contributed by atoms with van der Waals surface area (Å²) in [6.45, 7) is 2.90. The van der Waals surface area contributed by atoms with E-state index in [1.807, 2.05) is 0 Å². The van der Waals surface area contributed by atoms with Gasteiger partial charge in [0, 0.05) is 48.1 Å². The molecule has 0 radical (unpaired) electrons. The van der Waals surface area contributed by atoms with Crippen LogP contribution in [-0.2, 0) is 10.2 Å². The fourth-order valence-electron chi connectivity index (χ4n) is 8.05. The highest BCUT2D eigenvalue weighted by Gasteiger charge is 2.71. The van der Waals surface area contributed by atoms with E-state index in [4.69, 9.17) is 14.2 Å². The fraction of sp³-hybridized carbons (Fsp3) is 0.652. The number of aliphatic hydroxyl groups is 1. The number of hydrogen-bond acceptors (Lipinski definition) is 6. The van der Waals surface area contributed by atoms with Gasteiger partial charge in [0.25, 0.3) is 0 Å². The van der Waals surface area contributed by atoms with Crippen LogP contribution in [0.3, 0.4) is 0 Å². The first kappa shape index (κ1) is 17.0. The van der Waals surface area contributed by atoms with E-state index >= 15 is 0 Å². The lowest BCUT2D eigenvalue weighted by atomic mass is 9.53. The maximum Gasteiger partial charge on any atom is 0.162 e. The summed E-state index contributed by atoms with van der Waals surface area (Å²) < 4.78 is 17.7. The first-order valence-corrected chi connectivity index (χ1v) is 10.9. The molecule has 2 bridgehead atoms. The largest absolute Gasteiger partial charge is 0.493 e. The van der Waals surface area contributed by atoms with Crippen molar-refractivity contribution in [2.45, 2.75) is 49.1 Å². The summed E-state index contributed by atoms with van der Waals surface area (Å²) in [5.74, 6) is 2.55. The van der Waals surface area contributed by atoms with Gasteiger partial charge in [0.2, 0.25) is 0 Å². The summed E-state index contributed by atoms with van der Waals surface area (Å²) in [4.78, 5) is 5.03. The fourth-order valence-corrected chi connectivity index (χ4v) is 8.05. The third-order valence-corrected chi connectivity index (χ3v) is 8.97. The molecule has 0 amide bonds. The van der Waals surface area contributed by atoms with E-state index in [-0.39, 0.29) is 17.6 Å². The molecule has 0 aromatic heterocycles. The standard InChI is InChI=1S/C23H28N2O4/c1-27-16-8-14-15(9-17(16)28-2)25-20(26)10-18-21-13-7-19-23(14,22(21)25)4-5-24(19)11-12(13)3-6-29-18/h3,8-9,13,18-22,26H,4-7,10-11H2,1-2H3/t13-,18+,19-,20-,21-,22-,23-/m0/s1. The predicted molar refractivity (Wildman–Crippen MR) is 108 cm³/mol. The minimum Gasteiger partial charge on any atom is -0.493 e. The molecular weight excluding hydrogens is 368 g/mol. The summed E-state index contributed by atoms with van der Waals surface area (Å²) >= 11 is 0. The average Bonchev–Trinajstić information content (AvgIpc) is 3.20. The SMILES string of the molecule is COc1cc2c(cc1OC)[C@]13CCN4CC5=CCO[C@@H]6C[C@H](O)N2[C@H]1[C@H]6[C@H]5C[C@H]43. The lowest BCUT2D eigenvalue weighted by Gasteiger charge is -2.60. The van der Waals surface area contributed by atoms with Crippen molar-refractivity contribution in [1.29, 1.82) is 0 Å². The molecule has 1 N–H and O–H groups in total. The van der Waals surface area contributed by atoms with Gasteiger partial charge in [-0.15, -0.1) is 0 Å². The smallest absolute Gasteiger partial charge is 0.162 e. The molecule has 7 atom stereocenters. The Morgan fingerprint density at radius 3 is 2.83 bits per heavy atom. The number of piperidine rings is 2. The van der Waals surface area contributed by atoms with Crippen molar-refractivity contribution in [2.75, 3.05) is 38.8 Å². The Morgan fingerprint density at radius 2 is 2.00 bits per heavy atom. The number of aliphatic hydroxyl groups excluding tert-OH is 1. The third kappa shape index (κ3) is 1.81. The van der Waals surface area contributed by atoms with E-state index in [1.165, 1.54) is 12.0 Å². The van der Waals surface area contributed by atoms with Crippen molar-refractivity contribution in [3.63, 3.8) is 0 Å². The van der Waals surface area contributed by atoms with Gasteiger partial charge in [-0.3, -0.25) is 4.90 Å². The molecule has 1 aromatic carbocycles. The molecule has 0 unspecified atom stereocenters. The molecule has 3 saturated heterocycles. The number of ether oxygens (including phenoxy) is 3. The molecule has 5 heterocycles. The van der Waals surface area contributed by atoms with E-state index in [1.54, 1.807) is 19.8 Å². The van der Waals surface area contributed by atoms with Crippen LogP contribution >= 0.6 is 0 Å². The van der Waals surface area contributed by atoms with Gasteiger partial charge in [-0.1, -0.05) is 11.6 Å². The van der Waals surface area contributed by atoms with Gasteiger partial charge >= 0.3 is 0 Å². The molecule has 1 aliphatic carbocycles. The van der Waals surface area contributed by atoms with Gasteiger partial charge in [-0.2, -0.15) is 0 Å². The predicted octanol–water partition coefficient (Wildman–Crippen LogP) is 1.90. The van der Waals surface area contributed by atoms with Gasteiger partial charge in [-0.25, -0.2) is 0 Å². The molecule has 4 fully saturated rings. The number of hydrogen-bond donors (Lipinski definition) is 1. The Kier molecular flexibility index (Phi) is 3.21. The van der Waals surface area contributed by atoms with E-state index in [0.29, 0.717) is 30.9 Å². The van der Waals surface area contributed by atoms with Gasteiger partial charge < -0.3 is 24.2 Å². The van der Waals surface area contributed by atoms with Crippen LogP contribution < -0.4 is 14.4 Å². The summed E-state index contributed by atoms with van der Waals surface area (Å²) in [5.41, 5.74) is 4.10. The zero-order chi connectivity index (χ0) is 19.5. The van der Waals surface area contributed by atoms with Crippen molar-refractivity contribution >= 4 is 5.69 Å². The normalized spacial score (nSPS) is 43.6. The van der Waals surface area contributed by atoms with Gasteiger partial charge in [0.15, 0.2) is 11.5 Å². The zero-order valence-electron chi connectivity index (χ0n) is 17.0. The first-order valence-electron chi connectivity index (χ1n) is 10.9. The summed E-state index contributed by atoms with van der Waals surface area (Å²) in [6, 6.07) is 5.11. The highest BCUT2D eigenvalue weighted by Crippen LogP contribution is 2.67. The van der Waals surface area contributed by atoms with Crippen molar-refractivity contribution in [2.24, 2.45) is 11.8 Å². The molecular formula is C23H28N2O4. The van der Waals surface area contributed by atoms with E-state index < -0.39 is 6.23 Å². The molecule has 5 aliphatic heterocycles. The maximum atomic E-state index is 11.3. The number of anilines is 1. The minimum absolute atomic E-state index is 0.0366. The molecule has 1 spiro atoms. The van der Waals surface area contributed by atoms with Crippen molar-refractivity contribution in [1.82, 2.24) is 4.90 Å². The van der Waals surface area contributed by atoms with Crippen LogP contribution in [0.5, 0.6) is 11.5 Å². The van der Waals surface area contributed by atoms with Crippen LogP contribution in [0.2, 0.25) is 0 Å². The van der Waals surface area contributed by atoms with Gasteiger partial charge in [0.1, 0.15) is 6.23 Å². The van der Waals surface area contributed by atoms with E-state index in [0.717, 1.165) is 36.7 Å². The molecule has 6 aliphatic rings. The van der Waals surface area contributed by atoms with Crippen molar-refractivity contribution in [3.05, 3.63) is 29.3 Å². The monoisotopic (exact) mass is 396 g/mol. The van der Waals surface area contributed by atoms with Crippen LogP contribution in [0.15, 0.2) is 23.8 Å². The summed E-state index contributed by atoms with van der Waals surface area (Å²) in [5, 5.41) is 11.3. The second kappa shape index (κ2) is 5.48. The van der Waals surface area contributed by atoms with E-state index in [9.17, 15) is 5.11 Å². The molecule has 1 aromatic rings. The zero-order valence-corrected chi connectivity index (χ0v) is 17.0. The second-order valence-electron chi connectivity index (χ2n) is 9.64.